The van der Waals surface area contributed by atoms with Crippen LogP contribution >= 0.6 is 0 Å². The van der Waals surface area contributed by atoms with Crippen molar-refractivity contribution in [1.82, 2.24) is 0 Å². The Morgan fingerprint density at radius 2 is 1.00 bits per heavy atom. The smallest absolute Gasteiger partial charge is 0.159 e. The van der Waals surface area contributed by atoms with Crippen LogP contribution in [0, 0.1) is 0 Å². The Labute approximate surface area is 366 Å². The molecule has 2 aliphatic carbocycles. The Hall–Kier alpha value is -6.64. The molecule has 1 aromatic heterocycles. The fraction of sp³-hybridized carbons (Fsp3) is 0.200. The number of hydrogen-bond acceptors (Lipinski definition) is 2. The summed E-state index contributed by atoms with van der Waals surface area (Å²) in [5.41, 5.74) is 19.9. The predicted molar refractivity (Wildman–Crippen MR) is 261 cm³/mol. The van der Waals surface area contributed by atoms with Crippen molar-refractivity contribution in [1.29, 1.82) is 0 Å². The average molecular weight is 804 g/mol. The first-order valence-corrected chi connectivity index (χ1v) is 22.2. The van der Waals surface area contributed by atoms with Gasteiger partial charge in [0.2, 0.25) is 0 Å². The molecule has 0 saturated heterocycles. The summed E-state index contributed by atoms with van der Waals surface area (Å²) in [6.45, 7) is 18.5. The van der Waals surface area contributed by atoms with Gasteiger partial charge >= 0.3 is 0 Å². The van der Waals surface area contributed by atoms with Crippen LogP contribution in [0.1, 0.15) is 99.9 Å². The summed E-state index contributed by atoms with van der Waals surface area (Å²) < 4.78 is 7.18. The molecule has 11 rings (SSSR count). The summed E-state index contributed by atoms with van der Waals surface area (Å²) in [6.07, 6.45) is 0. The average Bonchev–Trinajstić information content (AvgIpc) is 3.88. The molecule has 0 fully saturated rings. The summed E-state index contributed by atoms with van der Waals surface area (Å²) in [7, 11) is 0. The van der Waals surface area contributed by atoms with Gasteiger partial charge in [0.1, 0.15) is 5.58 Å². The molecule has 0 aliphatic heterocycles. The van der Waals surface area contributed by atoms with Crippen LogP contribution in [-0.4, -0.2) is 0 Å². The van der Waals surface area contributed by atoms with Gasteiger partial charge in [-0.25, -0.2) is 0 Å². The largest absolute Gasteiger partial charge is 0.454 e. The highest BCUT2D eigenvalue weighted by atomic mass is 16.3. The van der Waals surface area contributed by atoms with E-state index in [0.717, 1.165) is 33.6 Å². The number of para-hydroxylation sites is 1. The van der Waals surface area contributed by atoms with Gasteiger partial charge in [-0.2, -0.15) is 0 Å². The number of rotatable bonds is 5. The van der Waals surface area contributed by atoms with Crippen LogP contribution in [0.4, 0.5) is 17.1 Å². The second-order valence-electron chi connectivity index (χ2n) is 20.1. The minimum Gasteiger partial charge on any atom is -0.454 e. The summed E-state index contributed by atoms with van der Waals surface area (Å²) in [4.78, 5) is 2.43. The summed E-state index contributed by atoms with van der Waals surface area (Å²) in [5, 5.41) is 2.34. The lowest BCUT2D eigenvalue weighted by Crippen LogP contribution is -2.28. The third-order valence-corrected chi connectivity index (χ3v) is 14.0. The second-order valence-corrected chi connectivity index (χ2v) is 20.1. The predicted octanol–water partition coefficient (Wildman–Crippen LogP) is 16.3. The highest BCUT2D eigenvalue weighted by Gasteiger charge is 2.46. The first-order chi connectivity index (χ1) is 29.8. The molecule has 2 aliphatic rings. The Kier molecular flexibility index (Phi) is 8.29. The zero-order valence-electron chi connectivity index (χ0n) is 37.1. The Bertz CT molecular complexity index is 3180. The first kappa shape index (κ1) is 38.3. The summed E-state index contributed by atoms with van der Waals surface area (Å²) in [6, 6.07) is 65.8. The number of benzene rings is 8. The molecular formula is C60H53NO. The Morgan fingerprint density at radius 3 is 1.63 bits per heavy atom. The molecule has 0 N–H and O–H groups in total. The molecule has 62 heavy (non-hydrogen) atoms. The maximum absolute atomic E-state index is 7.18. The van der Waals surface area contributed by atoms with E-state index in [2.05, 4.69) is 236 Å². The minimum absolute atomic E-state index is 0.0317. The SMILES string of the molecule is CC(C)(C)c1cc(C(C)(C)C)c2c(c1)oc1c(N(c3ccc(C4(c5ccccc5)c5ccccc5-c5ccccc54)cc3)c3ccc4c(c3)C(C)(C)c3ccccc3-4)cccc12. The standard InChI is InChI=1S/C60H53NO/c1-57(2,3)40-35-52(58(4,5)6)55-47-24-18-28-53(56(47)62-54(55)36-40)61(42-33-34-46-43-21-12-15-25-48(43)59(7,8)51(46)37-42)41-31-29-39(30-32-41)60(38-19-10-9-11-20-38)49-26-16-13-22-44(49)45-23-14-17-27-50(45)60/h9-37H,1-8H3. The normalized spacial score (nSPS) is 14.7. The lowest BCUT2D eigenvalue weighted by atomic mass is 9.68. The number of nitrogens with zero attached hydrogens (tertiary/aromatic N) is 1. The van der Waals surface area contributed by atoms with Crippen molar-refractivity contribution >= 4 is 39.0 Å². The zero-order valence-corrected chi connectivity index (χ0v) is 37.1. The molecule has 2 nitrogen and oxygen atoms in total. The number of fused-ring (bicyclic) bond motifs is 9. The van der Waals surface area contributed by atoms with Gasteiger partial charge < -0.3 is 9.32 Å². The van der Waals surface area contributed by atoms with Crippen LogP contribution in [0.25, 0.3) is 44.2 Å². The van der Waals surface area contributed by atoms with E-state index in [1.54, 1.807) is 0 Å². The topological polar surface area (TPSA) is 16.4 Å². The summed E-state index contributed by atoms with van der Waals surface area (Å²) >= 11 is 0. The van der Waals surface area contributed by atoms with Crippen molar-refractivity contribution in [3.05, 3.63) is 220 Å². The Morgan fingerprint density at radius 1 is 0.452 bits per heavy atom. The van der Waals surface area contributed by atoms with Crippen molar-refractivity contribution in [2.75, 3.05) is 4.90 Å². The molecule has 0 amide bonds. The van der Waals surface area contributed by atoms with Crippen molar-refractivity contribution in [2.45, 2.75) is 77.0 Å². The van der Waals surface area contributed by atoms with Crippen LogP contribution < -0.4 is 4.90 Å². The molecule has 8 aromatic carbocycles. The maximum Gasteiger partial charge on any atom is 0.159 e. The monoisotopic (exact) mass is 803 g/mol. The number of anilines is 3. The van der Waals surface area contributed by atoms with Gasteiger partial charge in [-0.1, -0.05) is 195 Å². The third kappa shape index (κ3) is 5.48. The second kappa shape index (κ2) is 13.4. The number of furan rings is 1. The first-order valence-electron chi connectivity index (χ1n) is 22.2. The van der Waals surface area contributed by atoms with Crippen LogP contribution in [0.5, 0.6) is 0 Å². The zero-order chi connectivity index (χ0) is 42.8. The molecule has 2 heteroatoms. The van der Waals surface area contributed by atoms with E-state index in [4.69, 9.17) is 4.42 Å². The summed E-state index contributed by atoms with van der Waals surface area (Å²) in [5.74, 6) is 0. The molecule has 0 atom stereocenters. The van der Waals surface area contributed by atoms with E-state index in [1.807, 2.05) is 0 Å². The van der Waals surface area contributed by atoms with Gasteiger partial charge in [0.05, 0.1) is 11.1 Å². The van der Waals surface area contributed by atoms with Gasteiger partial charge in [0, 0.05) is 27.6 Å². The molecule has 0 saturated carbocycles. The van der Waals surface area contributed by atoms with Crippen molar-refractivity contribution in [2.24, 2.45) is 0 Å². The van der Waals surface area contributed by atoms with E-state index in [9.17, 15) is 0 Å². The van der Waals surface area contributed by atoms with Gasteiger partial charge in [-0.3, -0.25) is 0 Å². The van der Waals surface area contributed by atoms with Gasteiger partial charge in [0.15, 0.2) is 5.58 Å². The van der Waals surface area contributed by atoms with Crippen molar-refractivity contribution in [3.8, 4) is 22.3 Å². The number of hydrogen-bond donors (Lipinski definition) is 0. The van der Waals surface area contributed by atoms with E-state index in [0.29, 0.717) is 0 Å². The fourth-order valence-corrected chi connectivity index (χ4v) is 10.9. The molecular weight excluding hydrogens is 751 g/mol. The molecule has 0 bridgehead atoms. The molecule has 0 spiro atoms. The molecule has 1 heterocycles. The quantitative estimate of drug-likeness (QED) is 0.172. The molecule has 304 valence electrons. The van der Waals surface area contributed by atoms with E-state index in [1.165, 1.54) is 72.1 Å². The Balaban J connectivity index is 1.16. The minimum atomic E-state index is -0.478. The third-order valence-electron chi connectivity index (χ3n) is 14.0. The van der Waals surface area contributed by atoms with Crippen LogP contribution in [0.3, 0.4) is 0 Å². The van der Waals surface area contributed by atoms with Gasteiger partial charge in [-0.05, 0) is 114 Å². The maximum atomic E-state index is 7.18. The van der Waals surface area contributed by atoms with E-state index < -0.39 is 5.41 Å². The molecule has 9 aromatic rings. The lowest BCUT2D eigenvalue weighted by Gasteiger charge is -2.34. The lowest BCUT2D eigenvalue weighted by molar-refractivity contribution is 0.569. The van der Waals surface area contributed by atoms with Crippen LogP contribution in [0.2, 0.25) is 0 Å². The van der Waals surface area contributed by atoms with E-state index in [-0.39, 0.29) is 16.2 Å². The van der Waals surface area contributed by atoms with Gasteiger partial charge in [0.25, 0.3) is 0 Å². The van der Waals surface area contributed by atoms with Crippen molar-refractivity contribution < 1.29 is 4.42 Å². The highest BCUT2D eigenvalue weighted by Crippen LogP contribution is 2.57. The molecule has 0 radical (unpaired) electrons. The van der Waals surface area contributed by atoms with Gasteiger partial charge in [-0.15, -0.1) is 0 Å². The molecule has 0 unspecified atom stereocenters. The fourth-order valence-electron chi connectivity index (χ4n) is 10.9. The van der Waals surface area contributed by atoms with Crippen LogP contribution in [-0.2, 0) is 21.7 Å². The van der Waals surface area contributed by atoms with Crippen LogP contribution in [0.15, 0.2) is 180 Å². The van der Waals surface area contributed by atoms with Crippen molar-refractivity contribution in [3.63, 3.8) is 0 Å². The van der Waals surface area contributed by atoms with E-state index >= 15 is 0 Å². The highest BCUT2D eigenvalue weighted by molar-refractivity contribution is 6.12.